The van der Waals surface area contributed by atoms with Gasteiger partial charge in [-0.15, -0.1) is 0 Å². The van der Waals surface area contributed by atoms with Crippen LogP contribution in [0.4, 0.5) is 5.69 Å². The molecule has 0 saturated carbocycles. The molecule has 3 heterocycles. The summed E-state index contributed by atoms with van der Waals surface area (Å²) < 4.78 is 35.6. The molecule has 1 atom stereocenters. The Kier molecular flexibility index (Phi) is 5.73. The summed E-state index contributed by atoms with van der Waals surface area (Å²) in [5.74, 6) is 0.380. The molecule has 10 heteroatoms. The van der Waals surface area contributed by atoms with Crippen molar-refractivity contribution in [2.45, 2.75) is 30.9 Å². The molecule has 9 nitrogen and oxygen atoms in total. The SMILES string of the molecule is CCC1Oc2c(-c3cn(C)c(=O)c4c3ccn4S(=O)(=O)c3ccc(CN)cc3)cccc2N(C)C1=O. The van der Waals surface area contributed by atoms with Gasteiger partial charge < -0.3 is 19.9 Å². The van der Waals surface area contributed by atoms with E-state index in [0.717, 1.165) is 9.54 Å². The molecule has 2 aromatic heterocycles. The van der Waals surface area contributed by atoms with Crippen LogP contribution in [0.1, 0.15) is 18.9 Å². The van der Waals surface area contributed by atoms with Crippen LogP contribution in [0.25, 0.3) is 22.0 Å². The number of hydrogen-bond acceptors (Lipinski definition) is 6. The van der Waals surface area contributed by atoms with Crippen LogP contribution in [0.15, 0.2) is 70.6 Å². The number of fused-ring (bicyclic) bond motifs is 2. The van der Waals surface area contributed by atoms with Gasteiger partial charge in [0.1, 0.15) is 5.52 Å². The Balaban J connectivity index is 1.75. The van der Waals surface area contributed by atoms with Crippen molar-refractivity contribution in [2.75, 3.05) is 11.9 Å². The summed E-state index contributed by atoms with van der Waals surface area (Å²) in [7, 11) is -0.778. The molecule has 1 aliphatic rings. The number of likely N-dealkylation sites (N-methyl/N-ethyl adjacent to an activating group) is 1. The summed E-state index contributed by atoms with van der Waals surface area (Å²) in [6.07, 6.45) is 2.92. The number of benzene rings is 2. The van der Waals surface area contributed by atoms with Gasteiger partial charge in [0.05, 0.1) is 10.6 Å². The Morgan fingerprint density at radius 3 is 2.39 bits per heavy atom. The maximum Gasteiger partial charge on any atom is 0.275 e. The van der Waals surface area contributed by atoms with E-state index >= 15 is 0 Å². The molecule has 0 fully saturated rings. The third kappa shape index (κ3) is 3.52. The van der Waals surface area contributed by atoms with Gasteiger partial charge >= 0.3 is 0 Å². The summed E-state index contributed by atoms with van der Waals surface area (Å²) in [6, 6.07) is 13.3. The van der Waals surface area contributed by atoms with Crippen molar-refractivity contribution in [3.05, 3.63) is 76.8 Å². The standard InChI is InChI=1S/C26H26N4O5S/c1-4-22-25(31)29(3)21-7-5-6-19(24(21)35-22)20-15-28(2)26(32)23-18(20)12-13-30(23)36(33,34)17-10-8-16(14-27)9-11-17/h5-13,15,22H,4,14,27H2,1-3H3. The monoisotopic (exact) mass is 506 g/mol. The number of ether oxygens (including phenoxy) is 1. The Morgan fingerprint density at radius 1 is 1.00 bits per heavy atom. The van der Waals surface area contributed by atoms with Gasteiger partial charge in [0.2, 0.25) is 0 Å². The first-order chi connectivity index (χ1) is 17.2. The molecule has 0 bridgehead atoms. The smallest absolute Gasteiger partial charge is 0.275 e. The van der Waals surface area contributed by atoms with Crippen molar-refractivity contribution in [1.82, 2.24) is 8.54 Å². The zero-order valence-corrected chi connectivity index (χ0v) is 21.0. The van der Waals surface area contributed by atoms with Crippen molar-refractivity contribution in [1.29, 1.82) is 0 Å². The molecular weight excluding hydrogens is 480 g/mol. The Morgan fingerprint density at radius 2 is 1.72 bits per heavy atom. The van der Waals surface area contributed by atoms with Gasteiger partial charge in [-0.25, -0.2) is 12.4 Å². The topological polar surface area (TPSA) is 117 Å². The number of amides is 1. The number of anilines is 1. The Bertz CT molecular complexity index is 1670. The third-order valence-corrected chi connectivity index (χ3v) is 8.28. The van der Waals surface area contributed by atoms with Crippen LogP contribution in [-0.4, -0.2) is 36.0 Å². The normalized spacial score (nSPS) is 15.7. The van der Waals surface area contributed by atoms with Crippen molar-refractivity contribution in [3.63, 3.8) is 0 Å². The van der Waals surface area contributed by atoms with Gasteiger partial charge in [-0.3, -0.25) is 9.59 Å². The minimum atomic E-state index is -4.05. The van der Waals surface area contributed by atoms with E-state index in [0.29, 0.717) is 40.9 Å². The molecule has 0 aliphatic carbocycles. The quantitative estimate of drug-likeness (QED) is 0.445. The van der Waals surface area contributed by atoms with Gasteiger partial charge in [0.15, 0.2) is 11.9 Å². The predicted molar refractivity (Wildman–Crippen MR) is 138 cm³/mol. The zero-order valence-electron chi connectivity index (χ0n) is 20.1. The van der Waals surface area contributed by atoms with Crippen molar-refractivity contribution in [3.8, 4) is 16.9 Å². The molecule has 0 saturated heterocycles. The number of rotatable bonds is 5. The number of nitrogens with zero attached hydrogens (tertiary/aromatic N) is 3. The maximum atomic E-state index is 13.5. The van der Waals surface area contributed by atoms with E-state index < -0.39 is 21.7 Å². The molecule has 2 aromatic carbocycles. The second-order valence-electron chi connectivity index (χ2n) is 8.75. The molecule has 1 aliphatic heterocycles. The largest absolute Gasteiger partial charge is 0.478 e. The highest BCUT2D eigenvalue weighted by Gasteiger charge is 2.33. The van der Waals surface area contributed by atoms with Gasteiger partial charge in [0, 0.05) is 49.5 Å². The van der Waals surface area contributed by atoms with E-state index in [9.17, 15) is 18.0 Å². The maximum absolute atomic E-state index is 13.5. The molecule has 36 heavy (non-hydrogen) atoms. The minimum absolute atomic E-state index is 0.0304. The molecular formula is C26H26N4O5S. The summed E-state index contributed by atoms with van der Waals surface area (Å²) in [5, 5.41) is 0.463. The van der Waals surface area contributed by atoms with E-state index in [1.54, 1.807) is 55.5 Å². The number of carbonyl (C=O) groups excluding carboxylic acids is 1. The van der Waals surface area contributed by atoms with Gasteiger partial charge in [-0.05, 0) is 36.2 Å². The third-order valence-electron chi connectivity index (χ3n) is 6.59. The average Bonchev–Trinajstić information content (AvgIpc) is 3.34. The Labute approximate surface area is 208 Å². The summed E-state index contributed by atoms with van der Waals surface area (Å²) in [5.41, 5.74) is 7.90. The fourth-order valence-corrected chi connectivity index (χ4v) is 5.91. The highest BCUT2D eigenvalue weighted by Crippen LogP contribution is 2.43. The minimum Gasteiger partial charge on any atom is -0.478 e. The fourth-order valence-electron chi connectivity index (χ4n) is 4.57. The number of aryl methyl sites for hydroxylation is 1. The lowest BCUT2D eigenvalue weighted by Crippen LogP contribution is -2.43. The van der Waals surface area contributed by atoms with Gasteiger partial charge in [0.25, 0.3) is 21.5 Å². The van der Waals surface area contributed by atoms with E-state index in [4.69, 9.17) is 10.5 Å². The summed E-state index contributed by atoms with van der Waals surface area (Å²) in [4.78, 5) is 27.5. The Hall–Kier alpha value is -3.89. The lowest BCUT2D eigenvalue weighted by molar-refractivity contribution is -0.126. The van der Waals surface area contributed by atoms with E-state index in [2.05, 4.69) is 0 Å². The number of carbonyl (C=O) groups is 1. The average molecular weight is 507 g/mol. The van der Waals surface area contributed by atoms with E-state index in [1.165, 1.54) is 22.9 Å². The van der Waals surface area contributed by atoms with E-state index in [1.807, 2.05) is 13.0 Å². The first-order valence-electron chi connectivity index (χ1n) is 11.5. The van der Waals surface area contributed by atoms with Crippen LogP contribution in [0.3, 0.4) is 0 Å². The van der Waals surface area contributed by atoms with Crippen LogP contribution in [0.2, 0.25) is 0 Å². The number of nitrogens with two attached hydrogens (primary N) is 1. The lowest BCUT2D eigenvalue weighted by Gasteiger charge is -2.33. The second kappa shape index (κ2) is 8.65. The van der Waals surface area contributed by atoms with Crippen LogP contribution < -0.4 is 20.9 Å². The van der Waals surface area contributed by atoms with Crippen molar-refractivity contribution in [2.24, 2.45) is 12.8 Å². The van der Waals surface area contributed by atoms with Crippen molar-refractivity contribution < 1.29 is 17.9 Å². The highest BCUT2D eigenvalue weighted by molar-refractivity contribution is 7.90. The van der Waals surface area contributed by atoms with Crippen LogP contribution in [0, 0.1) is 0 Å². The van der Waals surface area contributed by atoms with Crippen molar-refractivity contribution >= 4 is 32.5 Å². The van der Waals surface area contributed by atoms with Gasteiger partial charge in [-0.2, -0.15) is 0 Å². The number of hydrogen-bond donors (Lipinski definition) is 1. The summed E-state index contributed by atoms with van der Waals surface area (Å²) in [6.45, 7) is 2.17. The van der Waals surface area contributed by atoms with E-state index in [-0.39, 0.29) is 16.3 Å². The molecule has 1 amide bonds. The van der Waals surface area contributed by atoms with Gasteiger partial charge in [-0.1, -0.05) is 31.2 Å². The number of para-hydroxylation sites is 1. The highest BCUT2D eigenvalue weighted by atomic mass is 32.2. The fraction of sp³-hybridized carbons (Fsp3) is 0.231. The van der Waals surface area contributed by atoms with Crippen LogP contribution >= 0.6 is 0 Å². The molecule has 186 valence electrons. The zero-order chi connectivity index (χ0) is 25.8. The molecule has 5 rings (SSSR count). The number of aromatic nitrogens is 2. The molecule has 0 radical (unpaired) electrons. The summed E-state index contributed by atoms with van der Waals surface area (Å²) >= 11 is 0. The predicted octanol–water partition coefficient (Wildman–Crippen LogP) is 2.84. The second-order valence-corrected chi connectivity index (χ2v) is 10.6. The van der Waals surface area contributed by atoms with Crippen LogP contribution in [-0.2, 0) is 28.4 Å². The molecule has 0 spiro atoms. The lowest BCUT2D eigenvalue weighted by atomic mass is 10.00. The first kappa shape index (κ1) is 23.8. The molecule has 1 unspecified atom stereocenters. The van der Waals surface area contributed by atoms with Crippen LogP contribution in [0.5, 0.6) is 5.75 Å². The first-order valence-corrected chi connectivity index (χ1v) is 13.0. The molecule has 2 N–H and O–H groups in total. The molecule has 4 aromatic rings. The number of pyridine rings is 1.